The first kappa shape index (κ1) is 22.8. The zero-order chi connectivity index (χ0) is 22.7. The molecule has 0 atom stereocenters. The summed E-state index contributed by atoms with van der Waals surface area (Å²) < 4.78 is 2.46. The number of pyridine rings is 1. The Morgan fingerprint density at radius 1 is 1.13 bits per heavy atom. The van der Waals surface area contributed by atoms with Crippen molar-refractivity contribution in [1.82, 2.24) is 14.1 Å². The molecule has 3 rings (SSSR count). The van der Waals surface area contributed by atoms with Crippen molar-refractivity contribution in [3.05, 3.63) is 62.4 Å². The van der Waals surface area contributed by atoms with Crippen LogP contribution in [0.25, 0.3) is 11.0 Å². The monoisotopic (exact) mass is 440 g/mol. The van der Waals surface area contributed by atoms with Crippen LogP contribution < -0.4 is 16.6 Å². The minimum Gasteiger partial charge on any atom is -0.325 e. The predicted molar refractivity (Wildman–Crippen MR) is 126 cm³/mol. The van der Waals surface area contributed by atoms with Gasteiger partial charge >= 0.3 is 5.69 Å². The predicted octanol–water partition coefficient (Wildman–Crippen LogP) is 3.12. The first-order valence-corrected chi connectivity index (χ1v) is 11.3. The highest BCUT2D eigenvalue weighted by Gasteiger charge is 2.19. The molecule has 0 saturated heterocycles. The molecule has 0 aliphatic rings. The van der Waals surface area contributed by atoms with E-state index in [-0.39, 0.29) is 11.7 Å². The minimum atomic E-state index is -0.425. The number of aromatic nitrogens is 3. The highest BCUT2D eigenvalue weighted by Crippen LogP contribution is 2.30. The van der Waals surface area contributed by atoms with E-state index in [2.05, 4.69) is 31.1 Å². The molecule has 1 amide bonds. The third-order valence-electron chi connectivity index (χ3n) is 5.12. The van der Waals surface area contributed by atoms with Crippen LogP contribution in [0.2, 0.25) is 0 Å². The third kappa shape index (κ3) is 4.90. The summed E-state index contributed by atoms with van der Waals surface area (Å²) in [6.07, 6.45) is 3.37. The van der Waals surface area contributed by atoms with Crippen LogP contribution in [0.3, 0.4) is 0 Å². The zero-order valence-corrected chi connectivity index (χ0v) is 19.4. The van der Waals surface area contributed by atoms with E-state index in [1.807, 2.05) is 24.3 Å². The number of nitrogens with one attached hydrogen (secondary N) is 1. The van der Waals surface area contributed by atoms with Crippen LogP contribution in [-0.4, -0.2) is 25.8 Å². The fraction of sp³-hybridized carbons (Fsp3) is 0.391. The van der Waals surface area contributed by atoms with Gasteiger partial charge in [-0.25, -0.2) is 9.78 Å². The molecule has 8 heteroatoms. The Kier molecular flexibility index (Phi) is 7.00. The van der Waals surface area contributed by atoms with E-state index in [0.717, 1.165) is 28.7 Å². The van der Waals surface area contributed by atoms with Crippen LogP contribution in [0.5, 0.6) is 0 Å². The first-order chi connectivity index (χ1) is 14.7. The van der Waals surface area contributed by atoms with Crippen LogP contribution in [-0.2, 0) is 31.7 Å². The lowest BCUT2D eigenvalue weighted by molar-refractivity contribution is -0.113. The number of rotatable bonds is 7. The maximum atomic E-state index is 13.0. The number of hydrogen-bond donors (Lipinski definition) is 1. The van der Waals surface area contributed by atoms with Crippen LogP contribution in [0, 0.1) is 5.92 Å². The number of nitrogens with zero attached hydrogens (tertiary/aromatic N) is 3. The Morgan fingerprint density at radius 3 is 2.42 bits per heavy atom. The maximum Gasteiger partial charge on any atom is 0.332 e. The van der Waals surface area contributed by atoms with Crippen LogP contribution in [0.15, 0.2) is 44.9 Å². The molecule has 0 aliphatic carbocycles. The SMILES string of the molecule is CCc1ccc(NC(=O)CSc2c(CC(C)C)cnc3c2c(=O)n(C)c(=O)n3C)cc1. The average molecular weight is 441 g/mol. The van der Waals surface area contributed by atoms with E-state index >= 15 is 0 Å². The molecule has 0 aliphatic heterocycles. The van der Waals surface area contributed by atoms with E-state index in [1.165, 1.54) is 28.9 Å². The fourth-order valence-corrected chi connectivity index (χ4v) is 4.44. The van der Waals surface area contributed by atoms with Crippen molar-refractivity contribution < 1.29 is 4.79 Å². The van der Waals surface area contributed by atoms with E-state index in [9.17, 15) is 14.4 Å². The lowest BCUT2D eigenvalue weighted by Crippen LogP contribution is -2.37. The fourth-order valence-electron chi connectivity index (χ4n) is 3.45. The molecule has 2 heterocycles. The Hall–Kier alpha value is -2.87. The van der Waals surface area contributed by atoms with Gasteiger partial charge in [0, 0.05) is 30.9 Å². The second kappa shape index (κ2) is 9.51. The summed E-state index contributed by atoms with van der Waals surface area (Å²) in [5, 5.41) is 3.29. The quantitative estimate of drug-likeness (QED) is 0.571. The average Bonchev–Trinajstić information content (AvgIpc) is 2.75. The van der Waals surface area contributed by atoms with E-state index in [1.54, 1.807) is 13.2 Å². The molecule has 7 nitrogen and oxygen atoms in total. The highest BCUT2D eigenvalue weighted by atomic mass is 32.2. The van der Waals surface area contributed by atoms with Gasteiger partial charge in [-0.3, -0.25) is 18.7 Å². The smallest absolute Gasteiger partial charge is 0.325 e. The van der Waals surface area contributed by atoms with Crippen molar-refractivity contribution in [2.45, 2.75) is 38.5 Å². The second-order valence-electron chi connectivity index (χ2n) is 8.00. The lowest BCUT2D eigenvalue weighted by Gasteiger charge is -2.15. The summed E-state index contributed by atoms with van der Waals surface area (Å²) in [5.41, 5.74) is 2.36. The number of hydrogen-bond acceptors (Lipinski definition) is 5. The third-order valence-corrected chi connectivity index (χ3v) is 6.28. The van der Waals surface area contributed by atoms with Crippen molar-refractivity contribution in [1.29, 1.82) is 0 Å². The lowest BCUT2D eigenvalue weighted by atomic mass is 10.0. The van der Waals surface area contributed by atoms with Crippen molar-refractivity contribution >= 4 is 34.4 Å². The number of carbonyl (C=O) groups is 1. The molecule has 0 saturated carbocycles. The van der Waals surface area contributed by atoms with Crippen molar-refractivity contribution in [3.63, 3.8) is 0 Å². The van der Waals surface area contributed by atoms with Gasteiger partial charge in [0.15, 0.2) is 0 Å². The van der Waals surface area contributed by atoms with Crippen LogP contribution in [0.1, 0.15) is 31.9 Å². The number of carbonyl (C=O) groups excluding carboxylic acids is 1. The summed E-state index contributed by atoms with van der Waals surface area (Å²) in [7, 11) is 3.06. The Labute approximate surface area is 185 Å². The first-order valence-electron chi connectivity index (χ1n) is 10.3. The Bertz CT molecular complexity index is 1230. The Morgan fingerprint density at radius 2 is 1.81 bits per heavy atom. The van der Waals surface area contributed by atoms with Crippen molar-refractivity contribution in [3.8, 4) is 0 Å². The molecular formula is C23H28N4O3S. The van der Waals surface area contributed by atoms with Gasteiger partial charge in [0.1, 0.15) is 5.65 Å². The molecular weight excluding hydrogens is 412 g/mol. The zero-order valence-electron chi connectivity index (χ0n) is 18.6. The van der Waals surface area contributed by atoms with Gasteiger partial charge in [0.05, 0.1) is 11.1 Å². The highest BCUT2D eigenvalue weighted by molar-refractivity contribution is 8.00. The molecule has 0 bridgehead atoms. The number of aryl methyl sites for hydroxylation is 2. The molecule has 0 spiro atoms. The van der Waals surface area contributed by atoms with Gasteiger partial charge < -0.3 is 5.32 Å². The van der Waals surface area contributed by atoms with Gasteiger partial charge in [-0.2, -0.15) is 0 Å². The molecule has 1 aromatic carbocycles. The molecule has 1 N–H and O–H groups in total. The minimum absolute atomic E-state index is 0.145. The standard InChI is InChI=1S/C23H28N4O3S/c1-6-15-7-9-17(10-8-15)25-18(28)13-31-20-16(11-14(2)3)12-24-21-19(20)22(29)27(5)23(30)26(21)4/h7-10,12,14H,6,11,13H2,1-5H3,(H,25,28). The van der Waals surface area contributed by atoms with Gasteiger partial charge in [0.2, 0.25) is 5.91 Å². The molecule has 3 aromatic rings. The molecule has 31 heavy (non-hydrogen) atoms. The van der Waals surface area contributed by atoms with Gasteiger partial charge in [-0.05, 0) is 42.0 Å². The normalized spacial score (nSPS) is 11.3. The van der Waals surface area contributed by atoms with Crippen molar-refractivity contribution in [2.24, 2.45) is 20.0 Å². The van der Waals surface area contributed by atoms with E-state index < -0.39 is 11.2 Å². The number of anilines is 1. The molecule has 164 valence electrons. The van der Waals surface area contributed by atoms with Gasteiger partial charge in [0.25, 0.3) is 5.56 Å². The van der Waals surface area contributed by atoms with Gasteiger partial charge in [-0.15, -0.1) is 11.8 Å². The van der Waals surface area contributed by atoms with Crippen molar-refractivity contribution in [2.75, 3.05) is 11.1 Å². The molecule has 2 aromatic heterocycles. The largest absolute Gasteiger partial charge is 0.332 e. The topological polar surface area (TPSA) is 86.0 Å². The summed E-state index contributed by atoms with van der Waals surface area (Å²) in [6, 6.07) is 7.76. The summed E-state index contributed by atoms with van der Waals surface area (Å²) in [5.74, 6) is 0.336. The number of benzene rings is 1. The van der Waals surface area contributed by atoms with E-state index in [0.29, 0.717) is 21.8 Å². The van der Waals surface area contributed by atoms with Crippen LogP contribution in [0.4, 0.5) is 5.69 Å². The summed E-state index contributed by atoms with van der Waals surface area (Å²) in [4.78, 5) is 43.0. The van der Waals surface area contributed by atoms with E-state index in [4.69, 9.17) is 0 Å². The number of thioether (sulfide) groups is 1. The van der Waals surface area contributed by atoms with Gasteiger partial charge in [-0.1, -0.05) is 32.9 Å². The van der Waals surface area contributed by atoms with Crippen LogP contribution >= 0.6 is 11.8 Å². The molecule has 0 unspecified atom stereocenters. The maximum absolute atomic E-state index is 13.0. The number of fused-ring (bicyclic) bond motifs is 1. The Balaban J connectivity index is 1.95. The number of amides is 1. The second-order valence-corrected chi connectivity index (χ2v) is 8.99. The molecule has 0 radical (unpaired) electrons. The summed E-state index contributed by atoms with van der Waals surface area (Å²) >= 11 is 1.31. The summed E-state index contributed by atoms with van der Waals surface area (Å²) in [6.45, 7) is 6.26. The molecule has 0 fully saturated rings.